The molecule has 4 nitrogen and oxygen atoms in total. The molecule has 1 aliphatic heterocycles. The average molecular weight is 368 g/mol. The molecule has 0 bridgehead atoms. The Labute approximate surface area is 147 Å². The molecule has 0 radical (unpaired) electrons. The van der Waals surface area contributed by atoms with Crippen molar-refractivity contribution in [3.63, 3.8) is 0 Å². The fourth-order valence-electron chi connectivity index (χ4n) is 2.35. The van der Waals surface area contributed by atoms with Gasteiger partial charge in [0.2, 0.25) is 5.91 Å². The van der Waals surface area contributed by atoms with Crippen molar-refractivity contribution < 1.29 is 9.53 Å². The number of carbonyl (C=O) groups is 1. The molecule has 0 saturated carbocycles. The zero-order valence-corrected chi connectivity index (χ0v) is 15.0. The van der Waals surface area contributed by atoms with Crippen molar-refractivity contribution in [1.82, 2.24) is 10.2 Å². The summed E-state index contributed by atoms with van der Waals surface area (Å²) in [6.07, 6.45) is 0.320. The highest BCUT2D eigenvalue weighted by atomic mass is 35.5. The van der Waals surface area contributed by atoms with Crippen LogP contribution in [0.4, 0.5) is 0 Å². The van der Waals surface area contributed by atoms with E-state index >= 15 is 0 Å². The second-order valence-corrected chi connectivity index (χ2v) is 6.09. The van der Waals surface area contributed by atoms with Crippen LogP contribution in [0.2, 0.25) is 10.0 Å². The van der Waals surface area contributed by atoms with Crippen molar-refractivity contribution in [3.8, 4) is 0 Å². The molecule has 7 heteroatoms. The van der Waals surface area contributed by atoms with Gasteiger partial charge in [-0.05, 0) is 24.6 Å². The van der Waals surface area contributed by atoms with Crippen LogP contribution in [0.5, 0.6) is 0 Å². The van der Waals surface area contributed by atoms with Gasteiger partial charge in [-0.1, -0.05) is 29.3 Å². The van der Waals surface area contributed by atoms with Crippen molar-refractivity contribution in [2.75, 3.05) is 26.7 Å². The van der Waals surface area contributed by atoms with E-state index in [9.17, 15) is 4.79 Å². The molecule has 2 atom stereocenters. The Bertz CT molecular complexity index is 508. The number of hydrogen-bond donors (Lipinski definition) is 1. The van der Waals surface area contributed by atoms with Gasteiger partial charge in [0.1, 0.15) is 0 Å². The minimum atomic E-state index is -0.112. The second kappa shape index (κ2) is 8.94. The number of amides is 1. The van der Waals surface area contributed by atoms with Crippen molar-refractivity contribution in [2.45, 2.75) is 25.5 Å². The van der Waals surface area contributed by atoms with Crippen LogP contribution < -0.4 is 5.32 Å². The van der Waals surface area contributed by atoms with Crippen molar-refractivity contribution in [1.29, 1.82) is 0 Å². The molecule has 0 aliphatic carbocycles. The molecule has 0 spiro atoms. The SMILES string of the molecule is CC(c1ccc(Cl)cc1Cl)N(C)C(=O)CC1CNCCO1.Cl. The van der Waals surface area contributed by atoms with Crippen molar-refractivity contribution in [2.24, 2.45) is 0 Å². The summed E-state index contributed by atoms with van der Waals surface area (Å²) in [5.41, 5.74) is 0.889. The highest BCUT2D eigenvalue weighted by Crippen LogP contribution is 2.29. The molecule has 1 amide bonds. The average Bonchev–Trinajstić information content (AvgIpc) is 2.47. The summed E-state index contributed by atoms with van der Waals surface area (Å²) in [7, 11) is 1.79. The number of hydrogen-bond acceptors (Lipinski definition) is 3. The van der Waals surface area contributed by atoms with E-state index in [1.165, 1.54) is 0 Å². The third-order valence-corrected chi connectivity index (χ3v) is 4.36. The number of carbonyl (C=O) groups excluding carboxylic acids is 1. The third-order valence-electron chi connectivity index (χ3n) is 3.79. The Hall–Kier alpha value is -0.520. The maximum atomic E-state index is 12.4. The van der Waals surface area contributed by atoms with Gasteiger partial charge in [-0.15, -0.1) is 12.4 Å². The Morgan fingerprint density at radius 2 is 2.23 bits per heavy atom. The summed E-state index contributed by atoms with van der Waals surface area (Å²) in [5.74, 6) is 0.0437. The minimum absolute atomic E-state index is 0. The molecule has 1 fully saturated rings. The van der Waals surface area contributed by atoms with Crippen molar-refractivity contribution in [3.05, 3.63) is 33.8 Å². The molecule has 1 aromatic carbocycles. The first-order valence-electron chi connectivity index (χ1n) is 7.02. The topological polar surface area (TPSA) is 41.6 Å². The highest BCUT2D eigenvalue weighted by Gasteiger charge is 2.24. The number of ether oxygens (including phenoxy) is 1. The smallest absolute Gasteiger partial charge is 0.225 e. The maximum Gasteiger partial charge on any atom is 0.225 e. The summed E-state index contributed by atoms with van der Waals surface area (Å²) in [6, 6.07) is 5.23. The van der Waals surface area contributed by atoms with Gasteiger partial charge in [-0.25, -0.2) is 0 Å². The molecule has 1 N–H and O–H groups in total. The number of rotatable bonds is 4. The Balaban J connectivity index is 0.00000242. The lowest BCUT2D eigenvalue weighted by atomic mass is 10.1. The monoisotopic (exact) mass is 366 g/mol. The fourth-order valence-corrected chi connectivity index (χ4v) is 2.92. The number of nitrogens with one attached hydrogen (secondary N) is 1. The first kappa shape index (κ1) is 19.5. The van der Waals surface area contributed by atoms with Gasteiger partial charge < -0.3 is 15.0 Å². The predicted molar refractivity (Wildman–Crippen MR) is 92.1 cm³/mol. The number of halogens is 3. The minimum Gasteiger partial charge on any atom is -0.375 e. The van der Waals surface area contributed by atoms with Gasteiger partial charge in [-0.2, -0.15) is 0 Å². The predicted octanol–water partition coefficient (Wildman–Crippen LogP) is 3.31. The van der Waals surface area contributed by atoms with Gasteiger partial charge in [0.25, 0.3) is 0 Å². The van der Waals surface area contributed by atoms with E-state index in [1.54, 1.807) is 24.1 Å². The Kier molecular flexibility index (Phi) is 7.94. The second-order valence-electron chi connectivity index (χ2n) is 5.25. The quantitative estimate of drug-likeness (QED) is 0.887. The Morgan fingerprint density at radius 3 is 2.82 bits per heavy atom. The van der Waals surface area contributed by atoms with Crippen molar-refractivity contribution >= 4 is 41.5 Å². The lowest BCUT2D eigenvalue weighted by molar-refractivity contribution is -0.135. The Morgan fingerprint density at radius 1 is 1.50 bits per heavy atom. The summed E-state index contributed by atoms with van der Waals surface area (Å²) in [5, 5.41) is 4.39. The van der Waals surface area contributed by atoms with Crippen LogP contribution in [0.3, 0.4) is 0 Å². The van der Waals surface area contributed by atoms with E-state index in [4.69, 9.17) is 27.9 Å². The highest BCUT2D eigenvalue weighted by molar-refractivity contribution is 6.35. The normalized spacial score (nSPS) is 19.2. The van der Waals surface area contributed by atoms with Gasteiger partial charge >= 0.3 is 0 Å². The molecule has 1 aromatic rings. The molecule has 2 rings (SSSR count). The number of morpholine rings is 1. The van der Waals surface area contributed by atoms with Crippen LogP contribution in [0.1, 0.15) is 24.9 Å². The zero-order chi connectivity index (χ0) is 15.4. The fraction of sp³-hybridized carbons (Fsp3) is 0.533. The van der Waals surface area contributed by atoms with Crippen LogP contribution in [0, 0.1) is 0 Å². The lowest BCUT2D eigenvalue weighted by Gasteiger charge is -2.29. The van der Waals surface area contributed by atoms with Crippen LogP contribution in [-0.2, 0) is 9.53 Å². The molecule has 22 heavy (non-hydrogen) atoms. The molecular formula is C15H21Cl3N2O2. The summed E-state index contributed by atoms with van der Waals surface area (Å²) < 4.78 is 5.57. The van der Waals surface area contributed by atoms with Gasteiger partial charge in [0.05, 0.1) is 25.2 Å². The van der Waals surface area contributed by atoms with Crippen LogP contribution >= 0.6 is 35.6 Å². The number of benzene rings is 1. The maximum absolute atomic E-state index is 12.4. The van der Waals surface area contributed by atoms with E-state index in [0.717, 1.165) is 18.7 Å². The largest absolute Gasteiger partial charge is 0.375 e. The molecule has 1 aliphatic rings. The summed E-state index contributed by atoms with van der Waals surface area (Å²) >= 11 is 12.1. The van der Waals surface area contributed by atoms with Gasteiger partial charge in [0.15, 0.2) is 0 Å². The van der Waals surface area contributed by atoms with E-state index in [1.807, 2.05) is 13.0 Å². The van der Waals surface area contributed by atoms with E-state index < -0.39 is 0 Å². The van der Waals surface area contributed by atoms with E-state index in [2.05, 4.69) is 5.32 Å². The standard InChI is InChI=1S/C15H20Cl2N2O2.ClH/c1-10(13-4-3-11(16)7-14(13)17)19(2)15(20)8-12-9-18-5-6-21-12;/h3-4,7,10,12,18H,5-6,8-9H2,1-2H3;1H. The molecule has 1 saturated heterocycles. The van der Waals surface area contributed by atoms with Gasteiger partial charge in [0, 0.05) is 30.2 Å². The zero-order valence-electron chi connectivity index (χ0n) is 12.6. The lowest BCUT2D eigenvalue weighted by Crippen LogP contribution is -2.42. The van der Waals surface area contributed by atoms with Gasteiger partial charge in [-0.3, -0.25) is 4.79 Å². The van der Waals surface area contributed by atoms with E-state index in [-0.39, 0.29) is 30.5 Å². The molecule has 124 valence electrons. The first-order chi connectivity index (χ1) is 9.99. The van der Waals surface area contributed by atoms with Crippen LogP contribution in [0.15, 0.2) is 18.2 Å². The molecular weight excluding hydrogens is 347 g/mol. The molecule has 1 heterocycles. The summed E-state index contributed by atoms with van der Waals surface area (Å²) in [4.78, 5) is 14.1. The number of nitrogens with zero attached hydrogens (tertiary/aromatic N) is 1. The summed E-state index contributed by atoms with van der Waals surface area (Å²) in [6.45, 7) is 4.17. The third kappa shape index (κ3) is 5.00. The molecule has 0 aromatic heterocycles. The van der Waals surface area contributed by atoms with Crippen LogP contribution in [-0.4, -0.2) is 43.7 Å². The van der Waals surface area contributed by atoms with Crippen LogP contribution in [0.25, 0.3) is 0 Å². The first-order valence-corrected chi connectivity index (χ1v) is 7.77. The molecule has 2 unspecified atom stereocenters. The van der Waals surface area contributed by atoms with E-state index in [0.29, 0.717) is 23.1 Å².